The minimum Gasteiger partial charge on any atom is -0.507 e. The fraction of sp³-hybridized carbons (Fsp3) is 0.387. The summed E-state index contributed by atoms with van der Waals surface area (Å²) in [6, 6.07) is 22.7. The Morgan fingerprint density at radius 1 is 0.833 bits per heavy atom. The first-order valence-corrected chi connectivity index (χ1v) is 14.3. The van der Waals surface area contributed by atoms with E-state index in [1.807, 2.05) is 114 Å². The number of hydrogen-bond donors (Lipinski definition) is 1. The molecule has 3 aromatic rings. The smallest absolute Gasteiger partial charge is 0.306 e. The van der Waals surface area contributed by atoms with Crippen molar-refractivity contribution in [2.24, 2.45) is 0 Å². The average molecular weight is 507 g/mol. The molecule has 0 aliphatic rings. The van der Waals surface area contributed by atoms with E-state index in [0.717, 1.165) is 16.7 Å². The number of aromatic hydroxyl groups is 1. The number of carbonyl (C=O) groups is 1. The molecule has 36 heavy (non-hydrogen) atoms. The lowest BCUT2D eigenvalue weighted by Crippen LogP contribution is -2.25. The molecule has 1 N–H and O–H groups in total. The van der Waals surface area contributed by atoms with Crippen LogP contribution in [-0.2, 0) is 24.9 Å². The number of phenolic OH excluding ortho intramolecular Hbond substituents is 1. The second-order valence-corrected chi connectivity index (χ2v) is 14.3. The van der Waals surface area contributed by atoms with Gasteiger partial charge in [0.05, 0.1) is 18.7 Å². The SMILES string of the molecule is CCOC(=O)C[C@@H](c1cc(C(C)(C)C)c(O)c(C(C)(C)C)c1)P(=O)(c1ccccc1)c1ccccc1. The van der Waals surface area contributed by atoms with Crippen LogP contribution in [-0.4, -0.2) is 17.7 Å². The second-order valence-electron chi connectivity index (χ2n) is 11.3. The van der Waals surface area contributed by atoms with Gasteiger partial charge in [0.15, 0.2) is 7.14 Å². The Morgan fingerprint density at radius 3 is 1.61 bits per heavy atom. The van der Waals surface area contributed by atoms with Gasteiger partial charge >= 0.3 is 5.97 Å². The molecule has 0 aliphatic heterocycles. The summed E-state index contributed by atoms with van der Waals surface area (Å²) in [6.45, 7) is 14.3. The van der Waals surface area contributed by atoms with Crippen molar-refractivity contribution >= 4 is 23.7 Å². The first-order valence-electron chi connectivity index (χ1n) is 12.5. The topological polar surface area (TPSA) is 63.6 Å². The van der Waals surface area contributed by atoms with Gasteiger partial charge < -0.3 is 14.4 Å². The molecular weight excluding hydrogens is 467 g/mol. The Balaban J connectivity index is 2.41. The van der Waals surface area contributed by atoms with Crippen molar-refractivity contribution in [3.63, 3.8) is 0 Å². The molecule has 1 atom stereocenters. The van der Waals surface area contributed by atoms with E-state index >= 15 is 4.57 Å². The molecule has 192 valence electrons. The van der Waals surface area contributed by atoms with Crippen molar-refractivity contribution in [3.05, 3.63) is 89.5 Å². The Kier molecular flexibility index (Phi) is 8.20. The lowest BCUT2D eigenvalue weighted by Gasteiger charge is -2.33. The molecule has 0 spiro atoms. The first-order chi connectivity index (χ1) is 16.8. The molecule has 0 heterocycles. The van der Waals surface area contributed by atoms with Crippen LogP contribution in [0.5, 0.6) is 5.75 Å². The van der Waals surface area contributed by atoms with Gasteiger partial charge in [-0.15, -0.1) is 0 Å². The van der Waals surface area contributed by atoms with Crippen LogP contribution in [0.3, 0.4) is 0 Å². The zero-order valence-corrected chi connectivity index (χ0v) is 23.4. The summed E-state index contributed by atoms with van der Waals surface area (Å²) >= 11 is 0. The van der Waals surface area contributed by atoms with Crippen molar-refractivity contribution in [1.29, 1.82) is 0 Å². The van der Waals surface area contributed by atoms with Crippen LogP contribution >= 0.6 is 7.14 Å². The van der Waals surface area contributed by atoms with E-state index in [1.54, 1.807) is 6.92 Å². The van der Waals surface area contributed by atoms with Crippen LogP contribution in [0.1, 0.15) is 77.2 Å². The standard InChI is InChI=1S/C31H39O4P/c1-8-35-28(32)21-27(22-19-25(30(2,3)4)29(33)26(20-22)31(5,6)7)36(34,23-15-11-9-12-16-23)24-17-13-10-14-18-24/h9-20,27,33H,8,21H2,1-7H3/t27-/m0/s1. The molecule has 0 bridgehead atoms. The molecule has 0 aliphatic carbocycles. The van der Waals surface area contributed by atoms with Crippen molar-refractivity contribution < 1.29 is 19.2 Å². The Bertz CT molecular complexity index is 1160. The van der Waals surface area contributed by atoms with Gasteiger partial charge in [-0.3, -0.25) is 4.79 Å². The second kappa shape index (κ2) is 10.6. The maximum Gasteiger partial charge on any atom is 0.306 e. The van der Waals surface area contributed by atoms with Gasteiger partial charge in [0.25, 0.3) is 0 Å². The Morgan fingerprint density at radius 2 is 1.25 bits per heavy atom. The molecule has 0 saturated carbocycles. The van der Waals surface area contributed by atoms with E-state index in [9.17, 15) is 9.90 Å². The fourth-order valence-electron chi connectivity index (χ4n) is 4.63. The van der Waals surface area contributed by atoms with Crippen molar-refractivity contribution in [1.82, 2.24) is 0 Å². The molecule has 0 aromatic heterocycles. The van der Waals surface area contributed by atoms with E-state index in [1.165, 1.54) is 0 Å². The van der Waals surface area contributed by atoms with Crippen LogP contribution < -0.4 is 10.6 Å². The zero-order valence-electron chi connectivity index (χ0n) is 22.5. The van der Waals surface area contributed by atoms with Crippen LogP contribution in [0.25, 0.3) is 0 Å². The number of hydrogen-bond acceptors (Lipinski definition) is 4. The molecule has 4 nitrogen and oxygen atoms in total. The Labute approximate surface area is 216 Å². The van der Waals surface area contributed by atoms with Gasteiger partial charge in [0.2, 0.25) is 0 Å². The summed E-state index contributed by atoms with van der Waals surface area (Å²) in [5, 5.41) is 12.7. The number of rotatable bonds is 7. The summed E-state index contributed by atoms with van der Waals surface area (Å²) in [6.07, 6.45) is -0.0349. The molecule has 0 unspecified atom stereocenters. The third-order valence-electron chi connectivity index (χ3n) is 6.52. The van der Waals surface area contributed by atoms with E-state index in [-0.39, 0.29) is 29.6 Å². The maximum atomic E-state index is 15.4. The van der Waals surface area contributed by atoms with Gasteiger partial charge in [-0.2, -0.15) is 0 Å². The van der Waals surface area contributed by atoms with Gasteiger partial charge in [-0.05, 0) is 34.4 Å². The van der Waals surface area contributed by atoms with Crippen molar-refractivity contribution in [3.8, 4) is 5.75 Å². The van der Waals surface area contributed by atoms with E-state index in [2.05, 4.69) is 0 Å². The highest BCUT2D eigenvalue weighted by molar-refractivity contribution is 7.79. The highest BCUT2D eigenvalue weighted by atomic mass is 31.2. The third-order valence-corrected chi connectivity index (χ3v) is 10.0. The normalized spacial score (nSPS) is 13.3. The molecule has 0 fully saturated rings. The first kappa shape index (κ1) is 27.7. The molecule has 0 saturated heterocycles. The molecule has 3 rings (SSSR count). The molecule has 5 heteroatoms. The van der Waals surface area contributed by atoms with E-state index < -0.39 is 18.8 Å². The van der Waals surface area contributed by atoms with E-state index in [0.29, 0.717) is 10.6 Å². The number of esters is 1. The summed E-state index contributed by atoms with van der Waals surface area (Å²) in [7, 11) is -3.38. The average Bonchev–Trinajstić information content (AvgIpc) is 2.82. The quantitative estimate of drug-likeness (QED) is 0.277. The maximum absolute atomic E-state index is 15.4. The van der Waals surface area contributed by atoms with Crippen LogP contribution in [0.2, 0.25) is 0 Å². The van der Waals surface area contributed by atoms with Crippen molar-refractivity contribution in [2.45, 2.75) is 71.4 Å². The lowest BCUT2D eigenvalue weighted by molar-refractivity contribution is -0.143. The predicted octanol–water partition coefficient (Wildman–Crippen LogP) is 7.00. The fourth-order valence-corrected chi connectivity index (χ4v) is 7.86. The van der Waals surface area contributed by atoms with Crippen molar-refractivity contribution in [2.75, 3.05) is 6.61 Å². The van der Waals surface area contributed by atoms with Gasteiger partial charge in [0.1, 0.15) is 5.75 Å². The monoisotopic (exact) mass is 506 g/mol. The minimum absolute atomic E-state index is 0.0349. The van der Waals surface area contributed by atoms with Crippen LogP contribution in [0, 0.1) is 0 Å². The number of benzene rings is 3. The van der Waals surface area contributed by atoms with Crippen LogP contribution in [0.15, 0.2) is 72.8 Å². The molecular formula is C31H39O4P. The number of phenols is 1. The van der Waals surface area contributed by atoms with Gasteiger partial charge in [-0.25, -0.2) is 0 Å². The Hall–Kier alpha value is -2.84. The summed E-state index contributed by atoms with van der Waals surface area (Å²) in [5.74, 6) is -0.139. The summed E-state index contributed by atoms with van der Waals surface area (Å²) < 4.78 is 20.8. The third kappa shape index (κ3) is 5.76. The highest BCUT2D eigenvalue weighted by Gasteiger charge is 2.41. The lowest BCUT2D eigenvalue weighted by atomic mass is 9.78. The molecule has 0 radical (unpaired) electrons. The zero-order chi connectivity index (χ0) is 26.7. The largest absolute Gasteiger partial charge is 0.507 e. The molecule has 0 amide bonds. The van der Waals surface area contributed by atoms with E-state index in [4.69, 9.17) is 4.74 Å². The minimum atomic E-state index is -3.38. The summed E-state index contributed by atoms with van der Waals surface area (Å²) in [4.78, 5) is 13.0. The van der Waals surface area contributed by atoms with Gasteiger partial charge in [0, 0.05) is 10.6 Å². The molecule has 3 aromatic carbocycles. The summed E-state index contributed by atoms with van der Waals surface area (Å²) in [5.41, 5.74) is 0.921. The highest BCUT2D eigenvalue weighted by Crippen LogP contribution is 2.60. The van der Waals surface area contributed by atoms with Crippen LogP contribution in [0.4, 0.5) is 0 Å². The predicted molar refractivity (Wildman–Crippen MR) is 149 cm³/mol. The number of carbonyl (C=O) groups excluding carboxylic acids is 1. The van der Waals surface area contributed by atoms with Gasteiger partial charge in [-0.1, -0.05) is 114 Å². The number of ether oxygens (including phenoxy) is 1.